The Hall–Kier alpha value is -2.60. The summed E-state index contributed by atoms with van der Waals surface area (Å²) in [5, 5.41) is 19.4. The van der Waals surface area contributed by atoms with Gasteiger partial charge in [-0.25, -0.2) is 4.39 Å². The minimum Gasteiger partial charge on any atom is -0.481 e. The molecule has 2 heterocycles. The van der Waals surface area contributed by atoms with Gasteiger partial charge in [0.1, 0.15) is 17.7 Å². The molecule has 3 rings (SSSR count). The van der Waals surface area contributed by atoms with Crippen LogP contribution in [0.3, 0.4) is 0 Å². The lowest BCUT2D eigenvalue weighted by molar-refractivity contribution is -0.137. The van der Waals surface area contributed by atoms with Crippen LogP contribution in [0, 0.1) is 5.82 Å². The van der Waals surface area contributed by atoms with Crippen LogP contribution in [0.15, 0.2) is 41.1 Å². The number of carboxylic acids is 1. The quantitative estimate of drug-likeness (QED) is 0.644. The van der Waals surface area contributed by atoms with Gasteiger partial charge < -0.3 is 19.6 Å². The number of carbonyl (C=O) groups is 1. The van der Waals surface area contributed by atoms with E-state index in [9.17, 15) is 14.3 Å². The second kappa shape index (κ2) is 6.26. The SMILES string of the molecule is O=C(O)CCCC(O)c1cc(-c2c[nH]c3ccc(F)cc23)co1. The molecule has 23 heavy (non-hydrogen) atoms. The van der Waals surface area contributed by atoms with Crippen LogP contribution in [0.4, 0.5) is 4.39 Å². The predicted octanol–water partition coefficient (Wildman–Crippen LogP) is 3.86. The van der Waals surface area contributed by atoms with Crippen LogP contribution < -0.4 is 0 Å². The number of H-pyrrole nitrogens is 1. The number of aromatic amines is 1. The number of aromatic nitrogens is 1. The van der Waals surface area contributed by atoms with Crippen molar-refractivity contribution in [2.45, 2.75) is 25.4 Å². The molecule has 0 spiro atoms. The Bertz CT molecular complexity index is 836. The Morgan fingerprint density at radius 2 is 2.17 bits per heavy atom. The van der Waals surface area contributed by atoms with E-state index in [1.165, 1.54) is 18.4 Å². The van der Waals surface area contributed by atoms with Gasteiger partial charge in [0.25, 0.3) is 0 Å². The van der Waals surface area contributed by atoms with Crippen molar-refractivity contribution in [3.63, 3.8) is 0 Å². The van der Waals surface area contributed by atoms with Gasteiger partial charge in [-0.15, -0.1) is 0 Å². The number of rotatable bonds is 6. The summed E-state index contributed by atoms with van der Waals surface area (Å²) < 4.78 is 18.8. The second-order valence-electron chi connectivity index (χ2n) is 5.43. The molecule has 6 heteroatoms. The normalized spacial score (nSPS) is 12.6. The van der Waals surface area contributed by atoms with Crippen molar-refractivity contribution in [3.8, 4) is 11.1 Å². The lowest BCUT2D eigenvalue weighted by Gasteiger charge is -2.05. The summed E-state index contributed by atoms with van der Waals surface area (Å²) in [4.78, 5) is 13.6. The van der Waals surface area contributed by atoms with Crippen molar-refractivity contribution in [3.05, 3.63) is 48.3 Å². The highest BCUT2D eigenvalue weighted by Crippen LogP contribution is 2.32. The zero-order chi connectivity index (χ0) is 16.4. The Balaban J connectivity index is 1.80. The highest BCUT2D eigenvalue weighted by Gasteiger charge is 2.15. The Labute approximate surface area is 131 Å². The molecule has 120 valence electrons. The third-order valence-electron chi connectivity index (χ3n) is 3.77. The Morgan fingerprint density at radius 3 is 2.96 bits per heavy atom. The fraction of sp³-hybridized carbons (Fsp3) is 0.235. The molecule has 1 unspecified atom stereocenters. The Morgan fingerprint density at radius 1 is 1.35 bits per heavy atom. The van der Waals surface area contributed by atoms with Crippen molar-refractivity contribution in [1.29, 1.82) is 0 Å². The Kier molecular flexibility index (Phi) is 4.16. The number of nitrogens with one attached hydrogen (secondary N) is 1. The molecule has 3 N–H and O–H groups in total. The molecule has 5 nitrogen and oxygen atoms in total. The number of furan rings is 1. The van der Waals surface area contributed by atoms with Gasteiger partial charge in [0, 0.05) is 34.6 Å². The van der Waals surface area contributed by atoms with E-state index in [2.05, 4.69) is 4.98 Å². The van der Waals surface area contributed by atoms with E-state index in [0.717, 1.165) is 22.0 Å². The molecule has 3 aromatic rings. The fourth-order valence-electron chi connectivity index (χ4n) is 2.59. The molecule has 0 amide bonds. The monoisotopic (exact) mass is 317 g/mol. The zero-order valence-electron chi connectivity index (χ0n) is 12.3. The van der Waals surface area contributed by atoms with E-state index < -0.39 is 12.1 Å². The van der Waals surface area contributed by atoms with Crippen LogP contribution in [0.2, 0.25) is 0 Å². The molecule has 0 aliphatic rings. The number of carboxylic acid groups (broad SMARTS) is 1. The number of aliphatic hydroxyl groups excluding tert-OH is 1. The first-order valence-corrected chi connectivity index (χ1v) is 7.30. The maximum absolute atomic E-state index is 13.4. The summed E-state index contributed by atoms with van der Waals surface area (Å²) in [5.41, 5.74) is 2.33. The molecule has 0 saturated carbocycles. The van der Waals surface area contributed by atoms with Crippen molar-refractivity contribution < 1.29 is 23.8 Å². The van der Waals surface area contributed by atoms with Crippen LogP contribution in [0.25, 0.3) is 22.0 Å². The highest BCUT2D eigenvalue weighted by atomic mass is 19.1. The summed E-state index contributed by atoms with van der Waals surface area (Å²) >= 11 is 0. The molecule has 0 radical (unpaired) electrons. The number of halogens is 1. The van der Waals surface area contributed by atoms with E-state index in [1.807, 2.05) is 0 Å². The first-order valence-electron chi connectivity index (χ1n) is 7.30. The van der Waals surface area contributed by atoms with E-state index in [0.29, 0.717) is 18.6 Å². The second-order valence-corrected chi connectivity index (χ2v) is 5.43. The van der Waals surface area contributed by atoms with Crippen LogP contribution in [0.5, 0.6) is 0 Å². The first-order chi connectivity index (χ1) is 11.0. The smallest absolute Gasteiger partial charge is 0.303 e. The molecule has 0 saturated heterocycles. The van der Waals surface area contributed by atoms with Crippen molar-refractivity contribution >= 4 is 16.9 Å². The number of benzene rings is 1. The minimum absolute atomic E-state index is 0.00630. The van der Waals surface area contributed by atoms with Gasteiger partial charge in [-0.1, -0.05) is 0 Å². The third kappa shape index (κ3) is 3.27. The number of fused-ring (bicyclic) bond motifs is 1. The standard InChI is InChI=1S/C17H16FNO4/c18-11-4-5-14-12(7-11)13(8-19-14)10-6-16(23-9-10)15(20)2-1-3-17(21)22/h4-9,15,19-20H,1-3H2,(H,21,22). The summed E-state index contributed by atoms with van der Waals surface area (Å²) in [5.74, 6) is -0.843. The molecule has 2 aromatic heterocycles. The van der Waals surface area contributed by atoms with Gasteiger partial charge in [-0.2, -0.15) is 0 Å². The molecule has 0 bridgehead atoms. The van der Waals surface area contributed by atoms with E-state index >= 15 is 0 Å². The van der Waals surface area contributed by atoms with Crippen LogP contribution >= 0.6 is 0 Å². The molecule has 0 aliphatic carbocycles. The number of hydrogen-bond donors (Lipinski definition) is 3. The van der Waals surface area contributed by atoms with Gasteiger partial charge in [-0.05, 0) is 37.1 Å². The fourth-order valence-corrected chi connectivity index (χ4v) is 2.59. The van der Waals surface area contributed by atoms with Crippen LogP contribution in [-0.2, 0) is 4.79 Å². The van der Waals surface area contributed by atoms with Gasteiger partial charge >= 0.3 is 5.97 Å². The van der Waals surface area contributed by atoms with E-state index in [-0.39, 0.29) is 12.2 Å². The molecular weight excluding hydrogens is 301 g/mol. The van der Waals surface area contributed by atoms with Crippen LogP contribution in [-0.4, -0.2) is 21.2 Å². The highest BCUT2D eigenvalue weighted by molar-refractivity contribution is 5.95. The van der Waals surface area contributed by atoms with Gasteiger partial charge in [0.05, 0.1) is 6.26 Å². The minimum atomic E-state index is -0.891. The average molecular weight is 317 g/mol. The topological polar surface area (TPSA) is 86.5 Å². The number of hydrogen-bond acceptors (Lipinski definition) is 3. The number of aliphatic carboxylic acids is 1. The van der Waals surface area contributed by atoms with Crippen molar-refractivity contribution in [1.82, 2.24) is 4.98 Å². The van der Waals surface area contributed by atoms with Gasteiger partial charge in [0.15, 0.2) is 0 Å². The maximum Gasteiger partial charge on any atom is 0.303 e. The van der Waals surface area contributed by atoms with E-state index in [1.54, 1.807) is 18.3 Å². The summed E-state index contributed by atoms with van der Waals surface area (Å²) in [6.45, 7) is 0. The maximum atomic E-state index is 13.4. The molecule has 0 aliphatic heterocycles. The molecule has 1 aromatic carbocycles. The van der Waals surface area contributed by atoms with Crippen LogP contribution in [0.1, 0.15) is 31.1 Å². The summed E-state index contributed by atoms with van der Waals surface area (Å²) in [6.07, 6.45) is 3.09. The first kappa shape index (κ1) is 15.3. The number of aliphatic hydroxyl groups is 1. The van der Waals surface area contributed by atoms with E-state index in [4.69, 9.17) is 9.52 Å². The molecule has 1 atom stereocenters. The average Bonchev–Trinajstić information content (AvgIpc) is 3.12. The molecular formula is C17H16FNO4. The largest absolute Gasteiger partial charge is 0.481 e. The lowest BCUT2D eigenvalue weighted by atomic mass is 10.1. The zero-order valence-corrected chi connectivity index (χ0v) is 12.3. The third-order valence-corrected chi connectivity index (χ3v) is 3.77. The van der Waals surface area contributed by atoms with Gasteiger partial charge in [-0.3, -0.25) is 4.79 Å². The lowest BCUT2D eigenvalue weighted by Crippen LogP contribution is -1.99. The summed E-state index contributed by atoms with van der Waals surface area (Å²) in [7, 11) is 0. The molecule has 0 fully saturated rings. The summed E-state index contributed by atoms with van der Waals surface area (Å²) in [6, 6.07) is 6.18. The van der Waals surface area contributed by atoms with Gasteiger partial charge in [0.2, 0.25) is 0 Å². The van der Waals surface area contributed by atoms with Crippen molar-refractivity contribution in [2.75, 3.05) is 0 Å². The van der Waals surface area contributed by atoms with Crippen molar-refractivity contribution in [2.24, 2.45) is 0 Å². The predicted molar refractivity (Wildman–Crippen MR) is 82.4 cm³/mol.